The monoisotopic (exact) mass is 388 g/mol. The third-order valence-corrected chi connectivity index (χ3v) is 5.71. The van der Waals surface area contributed by atoms with E-state index in [1.807, 2.05) is 54.3 Å². The molecule has 29 heavy (non-hydrogen) atoms. The van der Waals surface area contributed by atoms with Crippen molar-refractivity contribution in [2.45, 2.75) is 25.7 Å². The van der Waals surface area contributed by atoms with Crippen LogP contribution in [0.4, 0.5) is 0 Å². The summed E-state index contributed by atoms with van der Waals surface area (Å²) in [5.74, 6) is 2.27. The Labute approximate surface area is 168 Å². The number of ether oxygens (including phenoxy) is 1. The second-order valence-corrected chi connectivity index (χ2v) is 7.57. The molecule has 0 saturated carbocycles. The van der Waals surface area contributed by atoms with Gasteiger partial charge in [-0.3, -0.25) is 4.79 Å². The minimum Gasteiger partial charge on any atom is -0.494 e. The molecule has 6 heteroatoms. The molecule has 4 aromatic rings. The summed E-state index contributed by atoms with van der Waals surface area (Å²) in [5.41, 5.74) is 3.64. The zero-order valence-electron chi connectivity index (χ0n) is 16.4. The van der Waals surface area contributed by atoms with Gasteiger partial charge >= 0.3 is 0 Å². The molecule has 0 spiro atoms. The van der Waals surface area contributed by atoms with Crippen LogP contribution in [0, 0.1) is 0 Å². The highest BCUT2D eigenvalue weighted by Gasteiger charge is 2.27. The minimum atomic E-state index is 0.0576. The second-order valence-electron chi connectivity index (χ2n) is 7.57. The molecular weight excluding hydrogens is 364 g/mol. The van der Waals surface area contributed by atoms with E-state index in [1.165, 1.54) is 0 Å². The Kier molecular flexibility index (Phi) is 4.46. The Balaban J connectivity index is 1.28. The van der Waals surface area contributed by atoms with Crippen LogP contribution >= 0.6 is 0 Å². The molecule has 0 aliphatic carbocycles. The molecular formula is C23H24N4O2. The number of rotatable bonds is 4. The molecule has 148 valence electrons. The molecule has 1 fully saturated rings. The lowest BCUT2D eigenvalue weighted by atomic mass is 9.96. The zero-order valence-corrected chi connectivity index (χ0v) is 16.4. The van der Waals surface area contributed by atoms with E-state index in [9.17, 15) is 4.79 Å². The van der Waals surface area contributed by atoms with Gasteiger partial charge in [0.1, 0.15) is 17.3 Å². The van der Waals surface area contributed by atoms with Crippen LogP contribution in [-0.4, -0.2) is 45.5 Å². The van der Waals surface area contributed by atoms with E-state index in [2.05, 4.69) is 16.0 Å². The SMILES string of the molecule is CCOc1ccc2cc(C(=O)N3CCC(c4nc5ccccc5[nH]4)CC3)[nH]c2c1. The summed E-state index contributed by atoms with van der Waals surface area (Å²) in [7, 11) is 0. The average Bonchev–Trinajstić information content (AvgIpc) is 3.37. The van der Waals surface area contributed by atoms with Crippen molar-refractivity contribution in [3.63, 3.8) is 0 Å². The first-order chi connectivity index (χ1) is 14.2. The molecule has 3 heterocycles. The fourth-order valence-corrected chi connectivity index (χ4v) is 4.17. The Morgan fingerprint density at radius 3 is 2.72 bits per heavy atom. The van der Waals surface area contributed by atoms with Gasteiger partial charge in [-0.15, -0.1) is 0 Å². The second kappa shape index (κ2) is 7.28. The third-order valence-electron chi connectivity index (χ3n) is 5.71. The number of para-hydroxylation sites is 2. The van der Waals surface area contributed by atoms with Crippen LogP contribution in [0.15, 0.2) is 48.5 Å². The zero-order chi connectivity index (χ0) is 19.8. The van der Waals surface area contributed by atoms with Gasteiger partial charge in [-0.1, -0.05) is 12.1 Å². The number of H-pyrrole nitrogens is 2. The highest BCUT2D eigenvalue weighted by atomic mass is 16.5. The van der Waals surface area contributed by atoms with Crippen molar-refractivity contribution in [1.29, 1.82) is 0 Å². The van der Waals surface area contributed by atoms with E-state index in [4.69, 9.17) is 9.72 Å². The summed E-state index contributed by atoms with van der Waals surface area (Å²) >= 11 is 0. The number of piperidine rings is 1. The van der Waals surface area contributed by atoms with Crippen molar-refractivity contribution in [2.75, 3.05) is 19.7 Å². The number of amides is 1. The number of benzene rings is 2. The summed E-state index contributed by atoms with van der Waals surface area (Å²) < 4.78 is 5.55. The Bertz CT molecular complexity index is 1140. The van der Waals surface area contributed by atoms with Crippen molar-refractivity contribution in [2.24, 2.45) is 0 Å². The molecule has 6 nitrogen and oxygen atoms in total. The molecule has 1 amide bonds. The summed E-state index contributed by atoms with van der Waals surface area (Å²) in [6.07, 6.45) is 1.83. The maximum Gasteiger partial charge on any atom is 0.270 e. The number of carbonyl (C=O) groups is 1. The summed E-state index contributed by atoms with van der Waals surface area (Å²) in [6, 6.07) is 15.9. The number of likely N-dealkylation sites (tertiary alicyclic amines) is 1. The van der Waals surface area contributed by atoms with Crippen molar-refractivity contribution in [1.82, 2.24) is 19.9 Å². The first-order valence-electron chi connectivity index (χ1n) is 10.2. The van der Waals surface area contributed by atoms with Gasteiger partial charge in [0.05, 0.1) is 17.6 Å². The highest BCUT2D eigenvalue weighted by molar-refractivity contribution is 5.98. The molecule has 0 atom stereocenters. The van der Waals surface area contributed by atoms with Gasteiger partial charge in [-0.25, -0.2) is 4.98 Å². The molecule has 2 aromatic heterocycles. The molecule has 5 rings (SSSR count). The minimum absolute atomic E-state index is 0.0576. The predicted octanol–water partition coefficient (Wildman–Crippen LogP) is 4.46. The van der Waals surface area contributed by atoms with Crippen LogP contribution in [0.25, 0.3) is 21.9 Å². The Hall–Kier alpha value is -3.28. The molecule has 1 aliphatic rings. The average molecular weight is 388 g/mol. The van der Waals surface area contributed by atoms with Crippen LogP contribution in [0.3, 0.4) is 0 Å². The van der Waals surface area contributed by atoms with Gasteiger partial charge in [0.2, 0.25) is 0 Å². The lowest BCUT2D eigenvalue weighted by molar-refractivity contribution is 0.0706. The van der Waals surface area contributed by atoms with Gasteiger partial charge in [-0.2, -0.15) is 0 Å². The predicted molar refractivity (Wildman–Crippen MR) is 113 cm³/mol. The van der Waals surface area contributed by atoms with Gasteiger partial charge in [0.25, 0.3) is 5.91 Å². The van der Waals surface area contributed by atoms with E-state index >= 15 is 0 Å². The van der Waals surface area contributed by atoms with Crippen molar-refractivity contribution < 1.29 is 9.53 Å². The highest BCUT2D eigenvalue weighted by Crippen LogP contribution is 2.29. The molecule has 2 aromatic carbocycles. The van der Waals surface area contributed by atoms with Gasteiger partial charge in [-0.05, 0) is 50.1 Å². The molecule has 2 N–H and O–H groups in total. The van der Waals surface area contributed by atoms with Crippen molar-refractivity contribution >= 4 is 27.8 Å². The quantitative estimate of drug-likeness (QED) is 0.542. The van der Waals surface area contributed by atoms with E-state index in [0.29, 0.717) is 18.2 Å². The molecule has 1 saturated heterocycles. The number of aromatic nitrogens is 3. The number of hydrogen-bond acceptors (Lipinski definition) is 3. The van der Waals surface area contributed by atoms with Crippen molar-refractivity contribution in [3.8, 4) is 5.75 Å². The van der Waals surface area contributed by atoms with Crippen molar-refractivity contribution in [3.05, 3.63) is 60.0 Å². The largest absolute Gasteiger partial charge is 0.494 e. The fraction of sp³-hybridized carbons (Fsp3) is 0.304. The van der Waals surface area contributed by atoms with E-state index in [1.54, 1.807) is 0 Å². The first-order valence-corrected chi connectivity index (χ1v) is 10.2. The number of nitrogens with zero attached hydrogens (tertiary/aromatic N) is 2. The van der Waals surface area contributed by atoms with E-state index < -0.39 is 0 Å². The topological polar surface area (TPSA) is 74.0 Å². The Morgan fingerprint density at radius 1 is 1.10 bits per heavy atom. The van der Waals surface area contributed by atoms with Crippen LogP contribution in [-0.2, 0) is 0 Å². The van der Waals surface area contributed by atoms with Gasteiger partial charge < -0.3 is 19.6 Å². The number of fused-ring (bicyclic) bond motifs is 2. The van der Waals surface area contributed by atoms with Crippen LogP contribution in [0.2, 0.25) is 0 Å². The van der Waals surface area contributed by atoms with Crippen LogP contribution in [0.1, 0.15) is 42.0 Å². The maximum atomic E-state index is 13.0. The van der Waals surface area contributed by atoms with E-state index in [-0.39, 0.29) is 5.91 Å². The van der Waals surface area contributed by atoms with Gasteiger partial charge in [0, 0.05) is 36.0 Å². The van der Waals surface area contributed by atoms with Crippen LogP contribution < -0.4 is 4.74 Å². The smallest absolute Gasteiger partial charge is 0.270 e. The lowest BCUT2D eigenvalue weighted by Gasteiger charge is -2.30. The molecule has 0 radical (unpaired) electrons. The lowest BCUT2D eigenvalue weighted by Crippen LogP contribution is -2.38. The van der Waals surface area contributed by atoms with Crippen LogP contribution in [0.5, 0.6) is 5.75 Å². The van der Waals surface area contributed by atoms with E-state index in [0.717, 1.165) is 59.4 Å². The summed E-state index contributed by atoms with van der Waals surface area (Å²) in [4.78, 5) is 26.4. The Morgan fingerprint density at radius 2 is 1.93 bits per heavy atom. The standard InChI is InChI=1S/C23H24N4O2/c1-2-29-17-8-7-16-13-21(24-20(16)14-17)23(28)27-11-9-15(10-12-27)22-25-18-5-3-4-6-19(18)26-22/h3-8,13-15,24H,2,9-12H2,1H3,(H,25,26). The number of nitrogens with one attached hydrogen (secondary N) is 2. The molecule has 0 unspecified atom stereocenters. The maximum absolute atomic E-state index is 13.0. The first kappa shape index (κ1) is 17.8. The number of imidazole rings is 1. The number of hydrogen-bond donors (Lipinski definition) is 2. The summed E-state index contributed by atoms with van der Waals surface area (Å²) in [5, 5.41) is 1.02. The summed E-state index contributed by atoms with van der Waals surface area (Å²) in [6.45, 7) is 4.06. The third kappa shape index (κ3) is 3.35. The normalized spacial score (nSPS) is 15.3. The van der Waals surface area contributed by atoms with Gasteiger partial charge in [0.15, 0.2) is 0 Å². The number of aromatic amines is 2. The number of carbonyl (C=O) groups excluding carboxylic acids is 1. The molecule has 1 aliphatic heterocycles. The fourth-order valence-electron chi connectivity index (χ4n) is 4.17. The molecule has 0 bridgehead atoms.